The lowest BCUT2D eigenvalue weighted by Crippen LogP contribution is -2.15. The summed E-state index contributed by atoms with van der Waals surface area (Å²) in [6.07, 6.45) is -4.42. The van der Waals surface area contributed by atoms with E-state index < -0.39 is 11.7 Å². The van der Waals surface area contributed by atoms with Crippen molar-refractivity contribution in [2.24, 2.45) is 0 Å². The van der Waals surface area contributed by atoms with E-state index in [0.717, 1.165) is 6.07 Å². The van der Waals surface area contributed by atoms with Gasteiger partial charge in [0, 0.05) is 5.30 Å². The summed E-state index contributed by atoms with van der Waals surface area (Å²) in [4.78, 5) is 0. The first-order valence-corrected chi connectivity index (χ1v) is 6.23. The molecule has 1 nitrogen and oxygen atoms in total. The summed E-state index contributed by atoms with van der Waals surface area (Å²) in [6, 6.07) is 10.4. The van der Waals surface area contributed by atoms with Gasteiger partial charge in [0.05, 0.1) is 10.6 Å². The maximum atomic E-state index is 12.8. The van der Waals surface area contributed by atoms with Crippen LogP contribution in [-0.4, -0.2) is 0 Å². The Balaban J connectivity index is 2.40. The number of ether oxygens (including phenoxy) is 1. The predicted octanol–water partition coefficient (Wildman–Crippen LogP) is 4.65. The molecule has 0 aliphatic heterocycles. The zero-order chi connectivity index (χ0) is 14.0. The number of rotatable bonds is 2. The normalized spacial score (nSPS) is 11.4. The number of alkyl halides is 3. The van der Waals surface area contributed by atoms with Crippen molar-refractivity contribution in [1.82, 2.24) is 0 Å². The third kappa shape index (κ3) is 3.20. The second-order valence-corrected chi connectivity index (χ2v) is 4.73. The van der Waals surface area contributed by atoms with Crippen LogP contribution in [0.2, 0.25) is 5.02 Å². The summed E-state index contributed by atoms with van der Waals surface area (Å²) in [5, 5.41) is 0.291. The Kier molecular flexibility index (Phi) is 4.02. The lowest BCUT2D eigenvalue weighted by atomic mass is 10.2. The third-order valence-electron chi connectivity index (χ3n) is 2.43. The zero-order valence-electron chi connectivity index (χ0n) is 9.54. The van der Waals surface area contributed by atoms with Gasteiger partial charge in [0.1, 0.15) is 11.5 Å². The van der Waals surface area contributed by atoms with Crippen molar-refractivity contribution >= 4 is 26.1 Å². The van der Waals surface area contributed by atoms with E-state index in [2.05, 4.69) is 9.24 Å². The summed E-state index contributed by atoms with van der Waals surface area (Å²) < 4.78 is 43.7. The molecule has 100 valence electrons. The lowest BCUT2D eigenvalue weighted by molar-refractivity contribution is -0.136. The highest BCUT2D eigenvalue weighted by molar-refractivity contribution is 7.28. The Morgan fingerprint density at radius 3 is 2.21 bits per heavy atom. The van der Waals surface area contributed by atoms with Crippen LogP contribution in [0.4, 0.5) is 13.2 Å². The molecule has 1 unspecified atom stereocenters. The molecule has 0 aromatic heterocycles. The Labute approximate surface area is 115 Å². The van der Waals surface area contributed by atoms with Gasteiger partial charge in [-0.1, -0.05) is 29.8 Å². The molecule has 0 amide bonds. The van der Waals surface area contributed by atoms with Crippen molar-refractivity contribution in [3.8, 4) is 11.5 Å². The highest BCUT2D eigenvalue weighted by Gasteiger charge is 2.33. The van der Waals surface area contributed by atoms with Crippen LogP contribution in [0.15, 0.2) is 42.5 Å². The molecule has 2 aromatic rings. The summed E-state index contributed by atoms with van der Waals surface area (Å²) in [5.41, 5.74) is -0.748. The Morgan fingerprint density at radius 2 is 1.58 bits per heavy atom. The van der Waals surface area contributed by atoms with Gasteiger partial charge in [-0.3, -0.25) is 0 Å². The molecule has 19 heavy (non-hydrogen) atoms. The predicted molar refractivity (Wildman–Crippen MR) is 72.3 cm³/mol. The summed E-state index contributed by atoms with van der Waals surface area (Å²) >= 11 is 5.90. The highest BCUT2D eigenvalue weighted by Crippen LogP contribution is 2.34. The van der Waals surface area contributed by atoms with Crippen molar-refractivity contribution in [3.05, 3.63) is 53.1 Å². The largest absolute Gasteiger partial charge is 0.455 e. The van der Waals surface area contributed by atoms with Crippen molar-refractivity contribution in [2.75, 3.05) is 0 Å². The molecule has 6 heteroatoms. The first-order valence-electron chi connectivity index (χ1n) is 5.27. The van der Waals surface area contributed by atoms with Crippen LogP contribution in [0.5, 0.6) is 11.5 Å². The van der Waals surface area contributed by atoms with E-state index >= 15 is 0 Å². The van der Waals surface area contributed by atoms with Crippen LogP contribution < -0.4 is 10.0 Å². The van der Waals surface area contributed by atoms with E-state index in [1.165, 1.54) is 12.1 Å². The fraction of sp³-hybridized carbons (Fsp3) is 0.0769. The van der Waals surface area contributed by atoms with Crippen LogP contribution in [0.1, 0.15) is 5.56 Å². The molecule has 0 spiro atoms. The van der Waals surface area contributed by atoms with Gasteiger partial charge in [0.25, 0.3) is 0 Å². The van der Waals surface area contributed by atoms with E-state index in [9.17, 15) is 13.2 Å². The SMILES string of the molecule is FC(F)(F)c1cccc(Oc2ccccc2Cl)c1P. The third-order valence-corrected chi connectivity index (χ3v) is 3.34. The highest BCUT2D eigenvalue weighted by atomic mass is 35.5. The lowest BCUT2D eigenvalue weighted by Gasteiger charge is -2.14. The number of halogens is 4. The second kappa shape index (κ2) is 5.40. The van der Waals surface area contributed by atoms with Crippen LogP contribution in [0.25, 0.3) is 0 Å². The van der Waals surface area contributed by atoms with Crippen molar-refractivity contribution in [3.63, 3.8) is 0 Å². The van der Waals surface area contributed by atoms with Gasteiger partial charge in [-0.25, -0.2) is 0 Å². The van der Waals surface area contributed by atoms with E-state index in [1.54, 1.807) is 24.3 Å². The minimum atomic E-state index is -4.42. The Morgan fingerprint density at radius 1 is 0.947 bits per heavy atom. The monoisotopic (exact) mass is 304 g/mol. The number of para-hydroxylation sites is 1. The summed E-state index contributed by atoms with van der Waals surface area (Å²) in [5.74, 6) is 0.417. The van der Waals surface area contributed by atoms with Crippen molar-refractivity contribution in [2.45, 2.75) is 6.18 Å². The minimum Gasteiger partial charge on any atom is -0.455 e. The second-order valence-electron chi connectivity index (χ2n) is 3.75. The smallest absolute Gasteiger partial charge is 0.417 e. The minimum absolute atomic E-state index is 0.0464. The molecule has 0 aliphatic carbocycles. The van der Waals surface area contributed by atoms with Gasteiger partial charge in [0.2, 0.25) is 0 Å². The maximum Gasteiger partial charge on any atom is 0.417 e. The van der Waals surface area contributed by atoms with Gasteiger partial charge in [-0.05, 0) is 24.3 Å². The van der Waals surface area contributed by atoms with Crippen LogP contribution in [0, 0.1) is 0 Å². The molecule has 0 saturated heterocycles. The molecule has 0 aliphatic rings. The van der Waals surface area contributed by atoms with E-state index in [1.807, 2.05) is 0 Å². The van der Waals surface area contributed by atoms with Gasteiger partial charge in [-0.2, -0.15) is 13.2 Å². The van der Waals surface area contributed by atoms with Crippen LogP contribution in [0.3, 0.4) is 0 Å². The number of hydrogen-bond donors (Lipinski definition) is 0. The number of benzene rings is 2. The van der Waals surface area contributed by atoms with Crippen LogP contribution in [-0.2, 0) is 6.18 Å². The molecule has 2 aromatic carbocycles. The average molecular weight is 305 g/mol. The molecular formula is C13H9ClF3OP. The number of hydrogen-bond acceptors (Lipinski definition) is 1. The topological polar surface area (TPSA) is 9.23 Å². The van der Waals surface area contributed by atoms with Crippen molar-refractivity contribution < 1.29 is 17.9 Å². The quantitative estimate of drug-likeness (QED) is 0.734. The van der Waals surface area contributed by atoms with E-state index in [0.29, 0.717) is 10.8 Å². The van der Waals surface area contributed by atoms with E-state index in [-0.39, 0.29) is 11.1 Å². The molecule has 0 bridgehead atoms. The fourth-order valence-corrected chi connectivity index (χ4v) is 2.12. The van der Waals surface area contributed by atoms with Crippen LogP contribution >= 0.6 is 20.8 Å². The molecule has 0 radical (unpaired) electrons. The molecule has 1 atom stereocenters. The first kappa shape index (κ1) is 14.2. The molecule has 0 fully saturated rings. The summed E-state index contributed by atoms with van der Waals surface area (Å²) in [6.45, 7) is 0. The molecule has 0 heterocycles. The molecule has 2 rings (SSSR count). The summed E-state index contributed by atoms with van der Waals surface area (Å²) in [7, 11) is 2.05. The Hall–Kier alpha value is -1.25. The first-order chi connectivity index (χ1) is 8.89. The van der Waals surface area contributed by atoms with Crippen molar-refractivity contribution in [1.29, 1.82) is 0 Å². The van der Waals surface area contributed by atoms with Gasteiger partial charge < -0.3 is 4.74 Å². The fourth-order valence-electron chi connectivity index (χ4n) is 1.53. The zero-order valence-corrected chi connectivity index (χ0v) is 11.4. The molecular weight excluding hydrogens is 296 g/mol. The van der Waals surface area contributed by atoms with E-state index in [4.69, 9.17) is 16.3 Å². The standard InChI is InChI=1S/C13H9ClF3OP/c14-9-5-1-2-6-10(9)18-11-7-3-4-8(12(11)19)13(15,16)17/h1-7H,19H2. The molecule has 0 N–H and O–H groups in total. The molecule has 0 saturated carbocycles. The van der Waals surface area contributed by atoms with Gasteiger partial charge in [-0.15, -0.1) is 9.24 Å². The van der Waals surface area contributed by atoms with Gasteiger partial charge in [0.15, 0.2) is 0 Å². The maximum absolute atomic E-state index is 12.8. The average Bonchev–Trinajstić information content (AvgIpc) is 2.33. The van der Waals surface area contributed by atoms with Gasteiger partial charge >= 0.3 is 6.18 Å². The Bertz CT molecular complexity index is 599.